The molecular weight excluding hydrogens is 340 g/mol. The predicted octanol–water partition coefficient (Wildman–Crippen LogP) is 3.59. The summed E-state index contributed by atoms with van der Waals surface area (Å²) in [5, 5.41) is 14.1. The molecule has 6 heteroatoms. The van der Waals surface area contributed by atoms with Crippen LogP contribution < -0.4 is 15.4 Å². The van der Waals surface area contributed by atoms with E-state index in [4.69, 9.17) is 4.74 Å². The zero-order valence-electron chi connectivity index (χ0n) is 15.2. The van der Waals surface area contributed by atoms with Crippen LogP contribution in [0.3, 0.4) is 0 Å². The Kier molecular flexibility index (Phi) is 6.35. The number of nitrogens with one attached hydrogen (secondary N) is 2. The van der Waals surface area contributed by atoms with Crippen LogP contribution in [0.4, 0.5) is 11.5 Å². The highest BCUT2D eigenvalue weighted by Gasteiger charge is 2.08. The number of nitrogens with zero attached hydrogens (tertiary/aromatic N) is 2. The van der Waals surface area contributed by atoms with Gasteiger partial charge in [-0.15, -0.1) is 10.2 Å². The third-order valence-electron chi connectivity index (χ3n) is 3.88. The van der Waals surface area contributed by atoms with Crippen LogP contribution in [0, 0.1) is 0 Å². The summed E-state index contributed by atoms with van der Waals surface area (Å²) >= 11 is 0. The van der Waals surface area contributed by atoms with E-state index in [1.165, 1.54) is 5.56 Å². The Hall–Kier alpha value is -3.41. The number of hydrogen-bond acceptors (Lipinski definition) is 5. The molecule has 1 amide bonds. The Morgan fingerprint density at radius 1 is 0.963 bits per heavy atom. The van der Waals surface area contributed by atoms with Crippen LogP contribution in [0.2, 0.25) is 0 Å². The molecule has 0 radical (unpaired) electrons. The lowest BCUT2D eigenvalue weighted by atomic mass is 10.1. The van der Waals surface area contributed by atoms with Gasteiger partial charge in [0.1, 0.15) is 5.75 Å². The van der Waals surface area contributed by atoms with Crippen LogP contribution in [0.15, 0.2) is 66.7 Å². The number of carbonyl (C=O) groups excluding carboxylic acids is 1. The molecule has 2 aromatic carbocycles. The van der Waals surface area contributed by atoms with E-state index in [0.29, 0.717) is 24.7 Å². The van der Waals surface area contributed by atoms with Gasteiger partial charge in [0.2, 0.25) is 0 Å². The highest BCUT2D eigenvalue weighted by molar-refractivity contribution is 5.92. The number of anilines is 2. The topological polar surface area (TPSA) is 76.1 Å². The van der Waals surface area contributed by atoms with Crippen LogP contribution in [0.5, 0.6) is 5.75 Å². The molecule has 6 nitrogen and oxygen atoms in total. The standard InChI is InChI=1S/C21H22N4O2/c1-2-27-18-10-8-17(9-11-18)23-20-13-12-19(24-25-20)21(26)22-15-14-16-6-4-3-5-7-16/h3-13H,2,14-15H2,1H3,(H,22,26)(H,23,25). The van der Waals surface area contributed by atoms with Crippen molar-refractivity contribution in [3.63, 3.8) is 0 Å². The van der Waals surface area contributed by atoms with E-state index in [-0.39, 0.29) is 5.91 Å². The number of hydrogen-bond donors (Lipinski definition) is 2. The Labute approximate surface area is 158 Å². The number of benzene rings is 2. The summed E-state index contributed by atoms with van der Waals surface area (Å²) in [5.41, 5.74) is 2.34. The molecule has 0 saturated carbocycles. The Morgan fingerprint density at radius 3 is 2.41 bits per heavy atom. The van der Waals surface area contributed by atoms with Crippen molar-refractivity contribution in [2.24, 2.45) is 0 Å². The number of amides is 1. The third kappa shape index (κ3) is 5.54. The first-order chi connectivity index (χ1) is 13.2. The van der Waals surface area contributed by atoms with Gasteiger partial charge in [-0.3, -0.25) is 4.79 Å². The van der Waals surface area contributed by atoms with Gasteiger partial charge in [0.05, 0.1) is 6.61 Å². The van der Waals surface area contributed by atoms with Crippen LogP contribution in [0.1, 0.15) is 23.0 Å². The van der Waals surface area contributed by atoms with E-state index < -0.39 is 0 Å². The molecule has 0 fully saturated rings. The highest BCUT2D eigenvalue weighted by atomic mass is 16.5. The van der Waals surface area contributed by atoms with Gasteiger partial charge in [-0.05, 0) is 55.3 Å². The third-order valence-corrected chi connectivity index (χ3v) is 3.88. The van der Waals surface area contributed by atoms with Crippen molar-refractivity contribution in [3.8, 4) is 5.75 Å². The second-order valence-electron chi connectivity index (χ2n) is 5.88. The summed E-state index contributed by atoms with van der Waals surface area (Å²) in [4.78, 5) is 12.2. The summed E-state index contributed by atoms with van der Waals surface area (Å²) in [5.74, 6) is 1.16. The Bertz CT molecular complexity index is 850. The van der Waals surface area contributed by atoms with Gasteiger partial charge in [0, 0.05) is 12.2 Å². The van der Waals surface area contributed by atoms with Gasteiger partial charge >= 0.3 is 0 Å². The zero-order chi connectivity index (χ0) is 18.9. The number of aromatic nitrogens is 2. The molecule has 27 heavy (non-hydrogen) atoms. The van der Waals surface area contributed by atoms with Gasteiger partial charge in [-0.2, -0.15) is 0 Å². The van der Waals surface area contributed by atoms with Gasteiger partial charge < -0.3 is 15.4 Å². The fourth-order valence-electron chi connectivity index (χ4n) is 2.52. The fraction of sp³-hybridized carbons (Fsp3) is 0.190. The molecule has 1 heterocycles. The molecule has 0 aliphatic rings. The van der Waals surface area contributed by atoms with E-state index in [9.17, 15) is 4.79 Å². The first kappa shape index (κ1) is 18.4. The van der Waals surface area contributed by atoms with Crippen molar-refractivity contribution in [1.82, 2.24) is 15.5 Å². The van der Waals surface area contributed by atoms with E-state index in [0.717, 1.165) is 17.9 Å². The first-order valence-corrected chi connectivity index (χ1v) is 8.90. The van der Waals surface area contributed by atoms with Crippen molar-refractivity contribution in [3.05, 3.63) is 78.0 Å². The van der Waals surface area contributed by atoms with E-state index >= 15 is 0 Å². The average Bonchev–Trinajstić information content (AvgIpc) is 2.71. The van der Waals surface area contributed by atoms with Gasteiger partial charge in [-0.1, -0.05) is 30.3 Å². The molecule has 2 N–H and O–H groups in total. The molecule has 0 saturated heterocycles. The lowest BCUT2D eigenvalue weighted by Crippen LogP contribution is -2.26. The maximum absolute atomic E-state index is 12.2. The highest BCUT2D eigenvalue weighted by Crippen LogP contribution is 2.18. The number of ether oxygens (including phenoxy) is 1. The molecule has 0 spiro atoms. The van der Waals surface area contributed by atoms with Crippen LogP contribution in [-0.2, 0) is 6.42 Å². The second kappa shape index (κ2) is 9.33. The van der Waals surface area contributed by atoms with Crippen molar-refractivity contribution in [2.75, 3.05) is 18.5 Å². The maximum Gasteiger partial charge on any atom is 0.271 e. The minimum absolute atomic E-state index is 0.231. The number of rotatable bonds is 8. The molecule has 3 aromatic rings. The summed E-state index contributed by atoms with van der Waals surface area (Å²) in [6.45, 7) is 3.13. The molecule has 0 aliphatic heterocycles. The molecule has 1 aromatic heterocycles. The largest absolute Gasteiger partial charge is 0.494 e. The molecule has 0 atom stereocenters. The monoisotopic (exact) mass is 362 g/mol. The van der Waals surface area contributed by atoms with Gasteiger partial charge in [-0.25, -0.2) is 0 Å². The molecule has 0 bridgehead atoms. The smallest absolute Gasteiger partial charge is 0.271 e. The second-order valence-corrected chi connectivity index (χ2v) is 5.88. The van der Waals surface area contributed by atoms with E-state index in [1.54, 1.807) is 12.1 Å². The lowest BCUT2D eigenvalue weighted by molar-refractivity contribution is 0.0948. The van der Waals surface area contributed by atoms with Crippen molar-refractivity contribution in [2.45, 2.75) is 13.3 Å². The Morgan fingerprint density at radius 2 is 1.74 bits per heavy atom. The predicted molar refractivity (Wildman–Crippen MR) is 105 cm³/mol. The van der Waals surface area contributed by atoms with Gasteiger partial charge in [0.15, 0.2) is 11.5 Å². The van der Waals surface area contributed by atoms with Crippen molar-refractivity contribution >= 4 is 17.4 Å². The molecular formula is C21H22N4O2. The Balaban J connectivity index is 1.50. The summed E-state index contributed by atoms with van der Waals surface area (Å²) in [6, 6.07) is 21.0. The normalized spacial score (nSPS) is 10.3. The van der Waals surface area contributed by atoms with Crippen molar-refractivity contribution in [1.29, 1.82) is 0 Å². The molecule has 0 unspecified atom stereocenters. The van der Waals surface area contributed by atoms with Gasteiger partial charge in [0.25, 0.3) is 5.91 Å². The lowest BCUT2D eigenvalue weighted by Gasteiger charge is -2.08. The average molecular weight is 362 g/mol. The van der Waals surface area contributed by atoms with E-state index in [1.807, 2.05) is 61.5 Å². The SMILES string of the molecule is CCOc1ccc(Nc2ccc(C(=O)NCCc3ccccc3)nn2)cc1. The number of carbonyl (C=O) groups is 1. The minimum Gasteiger partial charge on any atom is -0.494 e. The van der Waals surface area contributed by atoms with Crippen LogP contribution in [0.25, 0.3) is 0 Å². The zero-order valence-corrected chi connectivity index (χ0v) is 15.2. The molecule has 0 aliphatic carbocycles. The summed E-state index contributed by atoms with van der Waals surface area (Å²) < 4.78 is 5.41. The van der Waals surface area contributed by atoms with Crippen LogP contribution in [-0.4, -0.2) is 29.3 Å². The minimum atomic E-state index is -0.231. The van der Waals surface area contributed by atoms with E-state index in [2.05, 4.69) is 20.8 Å². The molecule has 138 valence electrons. The maximum atomic E-state index is 12.2. The summed E-state index contributed by atoms with van der Waals surface area (Å²) in [6.07, 6.45) is 0.775. The fourth-order valence-corrected chi connectivity index (χ4v) is 2.52. The van der Waals surface area contributed by atoms with Crippen molar-refractivity contribution < 1.29 is 9.53 Å². The quantitative estimate of drug-likeness (QED) is 0.640. The first-order valence-electron chi connectivity index (χ1n) is 8.90. The summed E-state index contributed by atoms with van der Waals surface area (Å²) in [7, 11) is 0. The van der Waals surface area contributed by atoms with Crippen LogP contribution >= 0.6 is 0 Å². The molecule has 3 rings (SSSR count).